The molecule has 0 spiro atoms. The standard InChI is InChI=1S/C14H27N5O/c1-7-19(8-2)9-10(3)15-12(20)11-16-13(18-17-11)14(4,5)6/h10H,7-9H2,1-6H3,(H,15,20)(H,16,17,18). The molecule has 1 aromatic rings. The molecule has 0 radical (unpaired) electrons. The number of aromatic amines is 1. The second kappa shape index (κ2) is 6.83. The average molecular weight is 281 g/mol. The molecule has 6 nitrogen and oxygen atoms in total. The van der Waals surface area contributed by atoms with Gasteiger partial charge in [-0.2, -0.15) is 0 Å². The normalized spacial score (nSPS) is 13.6. The van der Waals surface area contributed by atoms with E-state index in [1.54, 1.807) is 0 Å². The summed E-state index contributed by atoms with van der Waals surface area (Å²) in [6.07, 6.45) is 0. The third-order valence-electron chi connectivity index (χ3n) is 3.20. The van der Waals surface area contributed by atoms with Crippen molar-refractivity contribution in [3.63, 3.8) is 0 Å². The molecule has 0 aromatic carbocycles. The Kier molecular flexibility index (Phi) is 5.68. The fraction of sp³-hybridized carbons (Fsp3) is 0.786. The third-order valence-corrected chi connectivity index (χ3v) is 3.20. The Morgan fingerprint density at radius 1 is 1.35 bits per heavy atom. The number of hydrogen-bond acceptors (Lipinski definition) is 4. The van der Waals surface area contributed by atoms with Gasteiger partial charge >= 0.3 is 0 Å². The highest BCUT2D eigenvalue weighted by molar-refractivity contribution is 5.90. The fourth-order valence-electron chi connectivity index (χ4n) is 1.90. The number of nitrogens with one attached hydrogen (secondary N) is 2. The van der Waals surface area contributed by atoms with Gasteiger partial charge in [0.1, 0.15) is 5.82 Å². The van der Waals surface area contributed by atoms with Crippen molar-refractivity contribution < 1.29 is 4.79 Å². The van der Waals surface area contributed by atoms with Gasteiger partial charge in [0.05, 0.1) is 0 Å². The lowest BCUT2D eigenvalue weighted by Gasteiger charge is -2.22. The zero-order chi connectivity index (χ0) is 15.3. The summed E-state index contributed by atoms with van der Waals surface area (Å²) in [7, 11) is 0. The van der Waals surface area contributed by atoms with Crippen molar-refractivity contribution in [2.24, 2.45) is 0 Å². The molecule has 0 aliphatic carbocycles. The van der Waals surface area contributed by atoms with Crippen LogP contribution in [0.2, 0.25) is 0 Å². The summed E-state index contributed by atoms with van der Waals surface area (Å²) in [4.78, 5) is 18.6. The number of H-pyrrole nitrogens is 1. The smallest absolute Gasteiger partial charge is 0.291 e. The second-order valence-electron chi connectivity index (χ2n) is 6.12. The fourth-order valence-corrected chi connectivity index (χ4v) is 1.90. The van der Waals surface area contributed by atoms with E-state index in [2.05, 4.69) is 39.2 Å². The number of aromatic nitrogens is 3. The van der Waals surface area contributed by atoms with E-state index in [4.69, 9.17) is 0 Å². The predicted molar refractivity (Wildman–Crippen MR) is 79.8 cm³/mol. The summed E-state index contributed by atoms with van der Waals surface area (Å²) in [5, 5.41) is 9.76. The van der Waals surface area contributed by atoms with Gasteiger partial charge in [-0.15, -0.1) is 5.10 Å². The van der Waals surface area contributed by atoms with E-state index in [1.807, 2.05) is 27.7 Å². The monoisotopic (exact) mass is 281 g/mol. The van der Waals surface area contributed by atoms with Crippen molar-refractivity contribution in [3.8, 4) is 0 Å². The zero-order valence-electron chi connectivity index (χ0n) is 13.4. The van der Waals surface area contributed by atoms with Crippen LogP contribution < -0.4 is 5.32 Å². The van der Waals surface area contributed by atoms with E-state index in [9.17, 15) is 4.79 Å². The largest absolute Gasteiger partial charge is 0.346 e. The van der Waals surface area contributed by atoms with Crippen molar-refractivity contribution in [3.05, 3.63) is 11.6 Å². The molecule has 0 fully saturated rings. The average Bonchev–Trinajstić information content (AvgIpc) is 2.85. The summed E-state index contributed by atoms with van der Waals surface area (Å²) in [6.45, 7) is 15.1. The topological polar surface area (TPSA) is 73.9 Å². The second-order valence-corrected chi connectivity index (χ2v) is 6.12. The van der Waals surface area contributed by atoms with Crippen LogP contribution in [0.25, 0.3) is 0 Å². The molecule has 0 saturated heterocycles. The highest BCUT2D eigenvalue weighted by Crippen LogP contribution is 2.17. The number of likely N-dealkylation sites (N-methyl/N-ethyl adjacent to an activating group) is 1. The van der Waals surface area contributed by atoms with Crippen LogP contribution in [0.1, 0.15) is 58.0 Å². The lowest BCUT2D eigenvalue weighted by Crippen LogP contribution is -2.42. The maximum atomic E-state index is 12.1. The molecule has 1 heterocycles. The summed E-state index contributed by atoms with van der Waals surface area (Å²) in [5.74, 6) is 0.705. The number of carbonyl (C=O) groups excluding carboxylic acids is 1. The van der Waals surface area contributed by atoms with Crippen molar-refractivity contribution in [2.75, 3.05) is 19.6 Å². The van der Waals surface area contributed by atoms with Crippen molar-refractivity contribution in [1.29, 1.82) is 0 Å². The van der Waals surface area contributed by atoms with E-state index in [1.165, 1.54) is 0 Å². The summed E-state index contributed by atoms with van der Waals surface area (Å²) in [6, 6.07) is 0.0685. The Morgan fingerprint density at radius 3 is 2.40 bits per heavy atom. The Bertz CT molecular complexity index is 431. The van der Waals surface area contributed by atoms with E-state index < -0.39 is 0 Å². The van der Waals surface area contributed by atoms with Gasteiger partial charge in [-0.1, -0.05) is 34.6 Å². The predicted octanol–water partition coefficient (Wildman–Crippen LogP) is 1.56. The van der Waals surface area contributed by atoms with Crippen LogP contribution in [-0.2, 0) is 5.41 Å². The minimum absolute atomic E-state index is 0.0685. The molecule has 1 unspecified atom stereocenters. The zero-order valence-corrected chi connectivity index (χ0v) is 13.4. The Balaban J connectivity index is 2.60. The van der Waals surface area contributed by atoms with Crippen LogP contribution in [0.15, 0.2) is 0 Å². The number of carbonyl (C=O) groups is 1. The first-order valence-electron chi connectivity index (χ1n) is 7.24. The highest BCUT2D eigenvalue weighted by Gasteiger charge is 2.22. The SMILES string of the molecule is CCN(CC)CC(C)NC(=O)c1n[nH]c(C(C)(C)C)n1. The van der Waals surface area contributed by atoms with E-state index in [-0.39, 0.29) is 23.2 Å². The van der Waals surface area contributed by atoms with Crippen LogP contribution >= 0.6 is 0 Å². The molecule has 1 amide bonds. The van der Waals surface area contributed by atoms with Crippen LogP contribution in [0, 0.1) is 0 Å². The van der Waals surface area contributed by atoms with Gasteiger partial charge in [0.15, 0.2) is 0 Å². The lowest BCUT2D eigenvalue weighted by atomic mass is 9.96. The number of nitrogens with zero attached hydrogens (tertiary/aromatic N) is 3. The van der Waals surface area contributed by atoms with Gasteiger partial charge in [0, 0.05) is 18.0 Å². The molecule has 6 heteroatoms. The Hall–Kier alpha value is -1.43. The summed E-state index contributed by atoms with van der Waals surface area (Å²) < 4.78 is 0. The molecular weight excluding hydrogens is 254 g/mol. The molecule has 1 aromatic heterocycles. The molecule has 2 N–H and O–H groups in total. The van der Waals surface area contributed by atoms with Crippen LogP contribution in [-0.4, -0.2) is 51.7 Å². The van der Waals surface area contributed by atoms with E-state index in [0.717, 1.165) is 25.5 Å². The third kappa shape index (κ3) is 4.59. The molecule has 0 aliphatic heterocycles. The first-order chi connectivity index (χ1) is 9.27. The van der Waals surface area contributed by atoms with Crippen LogP contribution in [0.3, 0.4) is 0 Å². The molecule has 20 heavy (non-hydrogen) atoms. The maximum Gasteiger partial charge on any atom is 0.291 e. The summed E-state index contributed by atoms with van der Waals surface area (Å²) in [5.41, 5.74) is -0.141. The summed E-state index contributed by atoms with van der Waals surface area (Å²) >= 11 is 0. The molecule has 0 saturated carbocycles. The minimum atomic E-state index is -0.226. The first kappa shape index (κ1) is 16.6. The van der Waals surface area contributed by atoms with Crippen LogP contribution in [0.5, 0.6) is 0 Å². The van der Waals surface area contributed by atoms with Crippen molar-refractivity contribution in [1.82, 2.24) is 25.4 Å². The van der Waals surface area contributed by atoms with Gasteiger partial charge in [-0.05, 0) is 20.0 Å². The van der Waals surface area contributed by atoms with Gasteiger partial charge in [0.25, 0.3) is 5.91 Å². The molecular formula is C14H27N5O. The van der Waals surface area contributed by atoms with E-state index in [0.29, 0.717) is 0 Å². The van der Waals surface area contributed by atoms with Crippen LogP contribution in [0.4, 0.5) is 0 Å². The Labute approximate surface area is 121 Å². The molecule has 0 aliphatic rings. The molecule has 114 valence electrons. The lowest BCUT2D eigenvalue weighted by molar-refractivity contribution is 0.0920. The molecule has 1 rings (SSSR count). The van der Waals surface area contributed by atoms with E-state index >= 15 is 0 Å². The van der Waals surface area contributed by atoms with Crippen molar-refractivity contribution >= 4 is 5.91 Å². The number of rotatable bonds is 6. The highest BCUT2D eigenvalue weighted by atomic mass is 16.2. The first-order valence-corrected chi connectivity index (χ1v) is 7.24. The minimum Gasteiger partial charge on any atom is -0.346 e. The maximum absolute atomic E-state index is 12.1. The molecule has 0 bridgehead atoms. The van der Waals surface area contributed by atoms with Gasteiger partial charge < -0.3 is 10.2 Å². The van der Waals surface area contributed by atoms with Gasteiger partial charge in [-0.25, -0.2) is 4.98 Å². The Morgan fingerprint density at radius 2 is 1.95 bits per heavy atom. The quantitative estimate of drug-likeness (QED) is 0.830. The van der Waals surface area contributed by atoms with Crippen molar-refractivity contribution in [2.45, 2.75) is 53.0 Å². The van der Waals surface area contributed by atoms with Gasteiger partial charge in [-0.3, -0.25) is 9.89 Å². The number of amides is 1. The number of hydrogen-bond donors (Lipinski definition) is 2. The van der Waals surface area contributed by atoms with Gasteiger partial charge in [0.2, 0.25) is 5.82 Å². The molecule has 1 atom stereocenters.